The lowest BCUT2D eigenvalue weighted by Crippen LogP contribution is -2.24. The molecule has 0 aromatic heterocycles. The second kappa shape index (κ2) is 7.11. The van der Waals surface area contributed by atoms with E-state index in [0.29, 0.717) is 15.7 Å². The molecule has 1 atom stereocenters. The van der Waals surface area contributed by atoms with Gasteiger partial charge in [-0.05, 0) is 74.9 Å². The van der Waals surface area contributed by atoms with Crippen LogP contribution in [0.15, 0.2) is 34.8 Å². The summed E-state index contributed by atoms with van der Waals surface area (Å²) in [5, 5.41) is 3.11. The quantitative estimate of drug-likeness (QED) is 0.481. The Bertz CT molecular complexity index is 664. The topological polar surface area (TPSA) is 12.0 Å². The van der Waals surface area contributed by atoms with Crippen molar-refractivity contribution in [2.24, 2.45) is 0 Å². The summed E-state index contributed by atoms with van der Waals surface area (Å²) in [6.45, 7) is 2.44. The van der Waals surface area contributed by atoms with Crippen LogP contribution in [0.25, 0.3) is 0 Å². The van der Waals surface area contributed by atoms with Gasteiger partial charge in [-0.1, -0.05) is 13.0 Å². The molecule has 0 fully saturated rings. The molecule has 21 heavy (non-hydrogen) atoms. The highest BCUT2D eigenvalue weighted by Gasteiger charge is 2.21. The fraction of sp³-hybridized carbons (Fsp3) is 0.200. The van der Waals surface area contributed by atoms with Gasteiger partial charge < -0.3 is 5.32 Å². The van der Waals surface area contributed by atoms with Crippen LogP contribution in [0, 0.1) is 21.0 Å². The van der Waals surface area contributed by atoms with Crippen LogP contribution in [0.3, 0.4) is 0 Å². The van der Waals surface area contributed by atoms with Crippen LogP contribution in [0.5, 0.6) is 0 Å². The van der Waals surface area contributed by atoms with Crippen molar-refractivity contribution in [1.29, 1.82) is 0 Å². The molecule has 0 aliphatic heterocycles. The molecule has 0 saturated heterocycles. The molecule has 2 rings (SSSR count). The highest BCUT2D eigenvalue weighted by atomic mass is 127. The predicted octanol–water partition coefficient (Wildman–Crippen LogP) is 5.17. The van der Waals surface area contributed by atoms with Crippen molar-refractivity contribution in [2.75, 3.05) is 6.54 Å². The van der Waals surface area contributed by atoms with E-state index >= 15 is 0 Å². The van der Waals surface area contributed by atoms with Crippen molar-refractivity contribution in [3.63, 3.8) is 0 Å². The SMILES string of the molecule is CCNC(c1cc(F)c(Br)cc1F)c1ccc(F)cc1I. The highest BCUT2D eigenvalue weighted by molar-refractivity contribution is 14.1. The number of benzene rings is 2. The third-order valence-corrected chi connectivity index (χ3v) is 4.57. The Morgan fingerprint density at radius 1 is 1.10 bits per heavy atom. The summed E-state index contributed by atoms with van der Waals surface area (Å²) in [6, 6.07) is 5.99. The van der Waals surface area contributed by atoms with Gasteiger partial charge in [0.1, 0.15) is 17.5 Å². The van der Waals surface area contributed by atoms with Crippen LogP contribution in [-0.4, -0.2) is 6.54 Å². The van der Waals surface area contributed by atoms with Crippen molar-refractivity contribution in [1.82, 2.24) is 5.32 Å². The van der Waals surface area contributed by atoms with E-state index in [1.54, 1.807) is 6.07 Å². The molecule has 0 heterocycles. The van der Waals surface area contributed by atoms with Crippen LogP contribution in [0.4, 0.5) is 13.2 Å². The summed E-state index contributed by atoms with van der Waals surface area (Å²) in [5.41, 5.74) is 0.904. The molecule has 6 heteroatoms. The summed E-state index contributed by atoms with van der Waals surface area (Å²) in [6.07, 6.45) is 0. The zero-order chi connectivity index (χ0) is 15.6. The second-order valence-corrected chi connectivity index (χ2v) is 6.46. The van der Waals surface area contributed by atoms with E-state index in [1.807, 2.05) is 29.5 Å². The minimum absolute atomic E-state index is 0.0767. The van der Waals surface area contributed by atoms with Crippen LogP contribution in [0.1, 0.15) is 24.1 Å². The number of nitrogens with one attached hydrogen (secondary N) is 1. The van der Waals surface area contributed by atoms with Gasteiger partial charge in [0.25, 0.3) is 0 Å². The molecule has 0 amide bonds. The Kier molecular flexibility index (Phi) is 5.67. The maximum atomic E-state index is 14.2. The van der Waals surface area contributed by atoms with E-state index < -0.39 is 17.7 Å². The molecular formula is C15H12BrF3IN. The van der Waals surface area contributed by atoms with Gasteiger partial charge in [0, 0.05) is 9.13 Å². The number of halogens is 5. The standard InChI is InChI=1S/C15H12BrF3IN/c1-2-21-15(9-4-3-8(17)5-14(9)20)10-6-13(19)11(16)7-12(10)18/h3-7,15,21H,2H2,1H3. The van der Waals surface area contributed by atoms with Crippen LogP contribution >= 0.6 is 38.5 Å². The van der Waals surface area contributed by atoms with Crippen molar-refractivity contribution in [3.8, 4) is 0 Å². The molecule has 2 aromatic carbocycles. The highest BCUT2D eigenvalue weighted by Crippen LogP contribution is 2.31. The first kappa shape index (κ1) is 16.8. The van der Waals surface area contributed by atoms with Gasteiger partial charge in [-0.25, -0.2) is 13.2 Å². The molecular weight excluding hydrogens is 458 g/mol. The zero-order valence-corrected chi connectivity index (χ0v) is 14.8. The first-order valence-corrected chi connectivity index (χ1v) is 8.14. The summed E-state index contributed by atoms with van der Waals surface area (Å²) in [4.78, 5) is 0. The Morgan fingerprint density at radius 2 is 1.81 bits per heavy atom. The average Bonchev–Trinajstić information content (AvgIpc) is 2.41. The van der Waals surface area contributed by atoms with E-state index in [4.69, 9.17) is 0 Å². The summed E-state index contributed by atoms with van der Waals surface area (Å²) >= 11 is 4.95. The molecule has 0 aliphatic carbocycles. The fourth-order valence-electron chi connectivity index (χ4n) is 2.09. The van der Waals surface area contributed by atoms with Crippen molar-refractivity contribution >= 4 is 38.5 Å². The van der Waals surface area contributed by atoms with Crippen LogP contribution in [0.2, 0.25) is 0 Å². The van der Waals surface area contributed by atoms with Crippen LogP contribution in [-0.2, 0) is 0 Å². The maximum absolute atomic E-state index is 14.2. The van der Waals surface area contributed by atoms with Gasteiger partial charge in [-0.15, -0.1) is 0 Å². The molecule has 1 nitrogen and oxygen atoms in total. The smallest absolute Gasteiger partial charge is 0.137 e. The maximum Gasteiger partial charge on any atom is 0.137 e. The Morgan fingerprint density at radius 3 is 2.43 bits per heavy atom. The van der Waals surface area contributed by atoms with E-state index in [-0.39, 0.29) is 15.9 Å². The largest absolute Gasteiger partial charge is 0.306 e. The molecule has 1 unspecified atom stereocenters. The van der Waals surface area contributed by atoms with Crippen molar-refractivity contribution in [2.45, 2.75) is 13.0 Å². The monoisotopic (exact) mass is 469 g/mol. The van der Waals surface area contributed by atoms with E-state index in [0.717, 1.165) is 12.1 Å². The van der Waals surface area contributed by atoms with E-state index in [1.165, 1.54) is 12.1 Å². The lowest BCUT2D eigenvalue weighted by Gasteiger charge is -2.21. The minimum atomic E-state index is -0.537. The molecule has 0 spiro atoms. The molecule has 1 N–H and O–H groups in total. The number of hydrogen-bond acceptors (Lipinski definition) is 1. The van der Waals surface area contributed by atoms with Crippen molar-refractivity contribution in [3.05, 3.63) is 67.0 Å². The van der Waals surface area contributed by atoms with Gasteiger partial charge in [0.15, 0.2) is 0 Å². The van der Waals surface area contributed by atoms with Crippen molar-refractivity contribution < 1.29 is 13.2 Å². The normalized spacial score (nSPS) is 12.5. The first-order valence-electron chi connectivity index (χ1n) is 6.26. The fourth-order valence-corrected chi connectivity index (χ4v) is 3.19. The first-order chi connectivity index (χ1) is 9.93. The molecule has 0 bridgehead atoms. The van der Waals surface area contributed by atoms with Gasteiger partial charge >= 0.3 is 0 Å². The van der Waals surface area contributed by atoms with Gasteiger partial charge in [-0.2, -0.15) is 0 Å². The predicted molar refractivity (Wildman–Crippen MR) is 88.7 cm³/mol. The lowest BCUT2D eigenvalue weighted by atomic mass is 9.98. The average molecular weight is 470 g/mol. The Hall–Kier alpha value is -0.600. The third-order valence-electron chi connectivity index (χ3n) is 3.03. The Labute approximate surface area is 143 Å². The van der Waals surface area contributed by atoms with Gasteiger partial charge in [0.2, 0.25) is 0 Å². The molecule has 0 radical (unpaired) electrons. The number of rotatable bonds is 4. The molecule has 0 saturated carbocycles. The van der Waals surface area contributed by atoms with E-state index in [9.17, 15) is 13.2 Å². The minimum Gasteiger partial charge on any atom is -0.306 e. The van der Waals surface area contributed by atoms with Gasteiger partial charge in [-0.3, -0.25) is 0 Å². The lowest BCUT2D eigenvalue weighted by molar-refractivity contribution is 0.540. The molecule has 112 valence electrons. The summed E-state index contributed by atoms with van der Waals surface area (Å²) < 4.78 is 41.9. The van der Waals surface area contributed by atoms with E-state index in [2.05, 4.69) is 21.2 Å². The summed E-state index contributed by atoms with van der Waals surface area (Å²) in [7, 11) is 0. The van der Waals surface area contributed by atoms with Gasteiger partial charge in [0.05, 0.1) is 10.5 Å². The number of hydrogen-bond donors (Lipinski definition) is 1. The Balaban J connectivity index is 2.55. The van der Waals surface area contributed by atoms with Crippen LogP contribution < -0.4 is 5.32 Å². The molecule has 0 aliphatic rings. The second-order valence-electron chi connectivity index (χ2n) is 4.44. The summed E-state index contributed by atoms with van der Waals surface area (Å²) in [5.74, 6) is -1.42. The molecule has 2 aromatic rings. The zero-order valence-electron chi connectivity index (χ0n) is 11.1. The third kappa shape index (κ3) is 3.78.